The topological polar surface area (TPSA) is 76.1 Å². The maximum atomic E-state index is 11.8. The number of nitrogens with one attached hydrogen (secondary N) is 2. The summed E-state index contributed by atoms with van der Waals surface area (Å²) in [5.41, 5.74) is 1.11. The first-order chi connectivity index (χ1) is 13.0. The van der Waals surface area contributed by atoms with E-state index in [0.717, 1.165) is 50.6 Å². The van der Waals surface area contributed by atoms with Crippen LogP contribution in [0.4, 0.5) is 5.82 Å². The van der Waals surface area contributed by atoms with Crippen LogP contribution < -0.4 is 15.5 Å². The molecule has 1 fully saturated rings. The fraction of sp³-hybridized carbons (Fsp3) is 0.632. The van der Waals surface area contributed by atoms with Crippen LogP contribution in [0.25, 0.3) is 0 Å². The Morgan fingerprint density at radius 2 is 1.93 bits per heavy atom. The number of pyridine rings is 1. The summed E-state index contributed by atoms with van der Waals surface area (Å²) in [4.78, 5) is 27.2. The van der Waals surface area contributed by atoms with Crippen molar-refractivity contribution in [2.24, 2.45) is 4.99 Å². The van der Waals surface area contributed by atoms with E-state index in [-0.39, 0.29) is 36.4 Å². The van der Waals surface area contributed by atoms with Crippen molar-refractivity contribution in [3.63, 3.8) is 0 Å². The Kier molecular flexibility index (Phi) is 11.1. The average Bonchev–Trinajstić information content (AvgIpc) is 2.70. The first-order valence-corrected chi connectivity index (χ1v) is 9.68. The third-order valence-electron chi connectivity index (χ3n) is 4.62. The number of piperazine rings is 1. The number of nitrogens with zero attached hydrogens (tertiary/aromatic N) is 5. The molecule has 1 aromatic rings. The standard InChI is InChI=1S/C19H33N7O.HI/c1-5-20-19(23-15-18(27)24(3)4)22-14-16-7-8-21-17(13-16)26-11-9-25(6-2)10-12-26;/h7-8,13H,5-6,9-12,14-15H2,1-4H3,(H2,20,22,23);1H. The van der Waals surface area contributed by atoms with Crippen molar-refractivity contribution in [1.29, 1.82) is 0 Å². The number of rotatable bonds is 7. The summed E-state index contributed by atoms with van der Waals surface area (Å²) < 4.78 is 0. The van der Waals surface area contributed by atoms with Crippen molar-refractivity contribution < 1.29 is 4.79 Å². The van der Waals surface area contributed by atoms with Gasteiger partial charge in [0, 0.05) is 53.0 Å². The second-order valence-electron chi connectivity index (χ2n) is 6.78. The molecule has 0 unspecified atom stereocenters. The van der Waals surface area contributed by atoms with Gasteiger partial charge in [-0.1, -0.05) is 6.92 Å². The van der Waals surface area contributed by atoms with E-state index in [1.54, 1.807) is 19.0 Å². The van der Waals surface area contributed by atoms with Gasteiger partial charge in [0.1, 0.15) is 5.82 Å². The number of guanidine groups is 1. The molecule has 28 heavy (non-hydrogen) atoms. The van der Waals surface area contributed by atoms with E-state index < -0.39 is 0 Å². The normalized spacial score (nSPS) is 15.0. The van der Waals surface area contributed by atoms with Crippen molar-refractivity contribution in [3.8, 4) is 0 Å². The molecule has 158 valence electrons. The number of halogens is 1. The molecule has 0 radical (unpaired) electrons. The third kappa shape index (κ3) is 7.78. The fourth-order valence-corrected chi connectivity index (χ4v) is 2.85. The molecule has 1 saturated heterocycles. The number of aliphatic imine (C=N–C) groups is 1. The van der Waals surface area contributed by atoms with Gasteiger partial charge in [-0.2, -0.15) is 0 Å². The van der Waals surface area contributed by atoms with E-state index in [4.69, 9.17) is 0 Å². The molecule has 2 rings (SSSR count). The molecule has 8 nitrogen and oxygen atoms in total. The second kappa shape index (κ2) is 12.8. The molecule has 0 aromatic carbocycles. The minimum Gasteiger partial charge on any atom is -0.357 e. The lowest BCUT2D eigenvalue weighted by Crippen LogP contribution is -2.46. The Morgan fingerprint density at radius 3 is 2.54 bits per heavy atom. The first kappa shape index (κ1) is 24.4. The Morgan fingerprint density at radius 1 is 1.21 bits per heavy atom. The summed E-state index contributed by atoms with van der Waals surface area (Å²) in [6.07, 6.45) is 1.85. The highest BCUT2D eigenvalue weighted by molar-refractivity contribution is 14.0. The van der Waals surface area contributed by atoms with Gasteiger partial charge in [-0.15, -0.1) is 24.0 Å². The summed E-state index contributed by atoms with van der Waals surface area (Å²) >= 11 is 0. The molecule has 0 aliphatic carbocycles. The van der Waals surface area contributed by atoms with Crippen molar-refractivity contribution in [3.05, 3.63) is 23.9 Å². The highest BCUT2D eigenvalue weighted by atomic mass is 127. The number of anilines is 1. The molecule has 0 atom stereocenters. The number of hydrogen-bond donors (Lipinski definition) is 2. The number of amides is 1. The largest absolute Gasteiger partial charge is 0.357 e. The molecule has 0 saturated carbocycles. The Hall–Kier alpha value is -1.62. The number of carbonyl (C=O) groups excluding carboxylic acids is 1. The highest BCUT2D eigenvalue weighted by Gasteiger charge is 2.16. The van der Waals surface area contributed by atoms with E-state index in [2.05, 4.69) is 43.4 Å². The molecule has 1 aromatic heterocycles. The number of aromatic nitrogens is 1. The van der Waals surface area contributed by atoms with E-state index in [1.165, 1.54) is 0 Å². The van der Waals surface area contributed by atoms with Gasteiger partial charge in [0.05, 0.1) is 13.1 Å². The van der Waals surface area contributed by atoms with Gasteiger partial charge in [-0.3, -0.25) is 4.79 Å². The van der Waals surface area contributed by atoms with E-state index in [9.17, 15) is 4.79 Å². The lowest BCUT2D eigenvalue weighted by Gasteiger charge is -2.34. The van der Waals surface area contributed by atoms with Crippen molar-refractivity contribution in [1.82, 2.24) is 25.4 Å². The number of carbonyl (C=O) groups is 1. The predicted molar refractivity (Wildman–Crippen MR) is 125 cm³/mol. The van der Waals surface area contributed by atoms with Crippen LogP contribution in [-0.4, -0.2) is 86.6 Å². The number of likely N-dealkylation sites (N-methyl/N-ethyl adjacent to an activating group) is 2. The zero-order valence-corrected chi connectivity index (χ0v) is 19.8. The second-order valence-corrected chi connectivity index (χ2v) is 6.78. The van der Waals surface area contributed by atoms with Crippen LogP contribution in [0.3, 0.4) is 0 Å². The fourth-order valence-electron chi connectivity index (χ4n) is 2.85. The van der Waals surface area contributed by atoms with Gasteiger partial charge < -0.3 is 25.3 Å². The van der Waals surface area contributed by atoms with Crippen LogP contribution >= 0.6 is 24.0 Å². The zero-order chi connectivity index (χ0) is 19.6. The van der Waals surface area contributed by atoms with Gasteiger partial charge in [-0.25, -0.2) is 9.98 Å². The van der Waals surface area contributed by atoms with Crippen LogP contribution in [0.2, 0.25) is 0 Å². The molecular formula is C19H34IN7O. The summed E-state index contributed by atoms with van der Waals surface area (Å²) in [5.74, 6) is 1.67. The van der Waals surface area contributed by atoms with Crippen LogP contribution in [0.1, 0.15) is 19.4 Å². The first-order valence-electron chi connectivity index (χ1n) is 9.68. The van der Waals surface area contributed by atoms with Crippen molar-refractivity contribution in [2.45, 2.75) is 20.4 Å². The number of hydrogen-bond acceptors (Lipinski definition) is 5. The molecular weight excluding hydrogens is 469 g/mol. The molecule has 9 heteroatoms. The van der Waals surface area contributed by atoms with Gasteiger partial charge in [0.2, 0.25) is 5.91 Å². The lowest BCUT2D eigenvalue weighted by atomic mass is 10.2. The lowest BCUT2D eigenvalue weighted by molar-refractivity contribution is -0.127. The predicted octanol–water partition coefficient (Wildman–Crippen LogP) is 0.985. The third-order valence-corrected chi connectivity index (χ3v) is 4.62. The van der Waals surface area contributed by atoms with E-state index >= 15 is 0 Å². The molecule has 2 heterocycles. The molecule has 1 amide bonds. The van der Waals surface area contributed by atoms with Crippen LogP contribution in [0.5, 0.6) is 0 Å². The summed E-state index contributed by atoms with van der Waals surface area (Å²) in [7, 11) is 3.49. The maximum Gasteiger partial charge on any atom is 0.241 e. The van der Waals surface area contributed by atoms with Crippen LogP contribution in [0.15, 0.2) is 23.3 Å². The van der Waals surface area contributed by atoms with Crippen LogP contribution in [-0.2, 0) is 11.3 Å². The molecule has 1 aliphatic heterocycles. The maximum absolute atomic E-state index is 11.8. The Labute approximate surface area is 185 Å². The van der Waals surface area contributed by atoms with Crippen molar-refractivity contribution in [2.75, 3.05) is 64.8 Å². The van der Waals surface area contributed by atoms with Gasteiger partial charge in [0.25, 0.3) is 0 Å². The smallest absolute Gasteiger partial charge is 0.241 e. The monoisotopic (exact) mass is 503 g/mol. The van der Waals surface area contributed by atoms with Gasteiger partial charge >= 0.3 is 0 Å². The van der Waals surface area contributed by atoms with E-state index in [0.29, 0.717) is 12.5 Å². The molecule has 0 bridgehead atoms. The van der Waals surface area contributed by atoms with Crippen molar-refractivity contribution >= 4 is 41.7 Å². The molecule has 1 aliphatic rings. The summed E-state index contributed by atoms with van der Waals surface area (Å²) in [6.45, 7) is 11.0. The highest BCUT2D eigenvalue weighted by Crippen LogP contribution is 2.15. The summed E-state index contributed by atoms with van der Waals surface area (Å²) in [5, 5.41) is 6.25. The quantitative estimate of drug-likeness (QED) is 0.329. The SMILES string of the molecule is CCNC(=NCc1ccnc(N2CCN(CC)CC2)c1)NCC(=O)N(C)C.I. The van der Waals surface area contributed by atoms with Gasteiger partial charge in [-0.05, 0) is 31.2 Å². The average molecular weight is 503 g/mol. The summed E-state index contributed by atoms with van der Waals surface area (Å²) in [6, 6.07) is 4.10. The molecule has 0 spiro atoms. The minimum absolute atomic E-state index is 0. The zero-order valence-electron chi connectivity index (χ0n) is 17.4. The minimum atomic E-state index is 0. The Balaban J connectivity index is 0.00000392. The van der Waals surface area contributed by atoms with Crippen LogP contribution in [0, 0.1) is 0 Å². The Bertz CT molecular complexity index is 630. The molecule has 2 N–H and O–H groups in total. The van der Waals surface area contributed by atoms with Gasteiger partial charge in [0.15, 0.2) is 5.96 Å². The van der Waals surface area contributed by atoms with E-state index in [1.807, 2.05) is 19.2 Å².